The molecule has 0 amide bonds. The van der Waals surface area contributed by atoms with Crippen molar-refractivity contribution < 1.29 is 4.74 Å². The predicted octanol–water partition coefficient (Wildman–Crippen LogP) is -0.0291. The van der Waals surface area contributed by atoms with Gasteiger partial charge in [0.25, 0.3) is 5.56 Å². The molecule has 3 rings (SSSR count). The smallest absolute Gasteiger partial charge is 0.328 e. The minimum Gasteiger partial charge on any atom is -0.384 e. The minimum absolute atomic E-state index is 0.279. The van der Waals surface area contributed by atoms with Crippen molar-refractivity contribution in [3.05, 3.63) is 39.0 Å². The van der Waals surface area contributed by atoms with Crippen LogP contribution in [0.15, 0.2) is 27.8 Å². The molecule has 0 spiro atoms. The average molecular weight is 304 g/mol. The normalized spacial score (nSPS) is 16.0. The van der Waals surface area contributed by atoms with Gasteiger partial charge >= 0.3 is 5.69 Å². The van der Waals surface area contributed by atoms with Crippen molar-refractivity contribution in [1.82, 2.24) is 14.5 Å². The molecule has 1 aromatic heterocycles. The van der Waals surface area contributed by atoms with Gasteiger partial charge in [-0.05, 0) is 18.2 Å². The molecule has 1 aliphatic heterocycles. The van der Waals surface area contributed by atoms with Crippen LogP contribution in [0.25, 0.3) is 10.9 Å². The van der Waals surface area contributed by atoms with Crippen LogP contribution in [-0.4, -0.2) is 53.8 Å². The largest absolute Gasteiger partial charge is 0.384 e. The van der Waals surface area contributed by atoms with E-state index < -0.39 is 5.69 Å². The quantitative estimate of drug-likeness (QED) is 0.829. The second-order valence-corrected chi connectivity index (χ2v) is 5.44. The van der Waals surface area contributed by atoms with Crippen molar-refractivity contribution in [2.45, 2.75) is 0 Å². The molecule has 118 valence electrons. The van der Waals surface area contributed by atoms with Gasteiger partial charge in [0.05, 0.1) is 24.1 Å². The zero-order valence-electron chi connectivity index (χ0n) is 12.6. The Kier molecular flexibility index (Phi) is 4.26. The van der Waals surface area contributed by atoms with Crippen LogP contribution in [-0.2, 0) is 11.8 Å². The predicted molar refractivity (Wildman–Crippen MR) is 85.6 cm³/mol. The van der Waals surface area contributed by atoms with Crippen molar-refractivity contribution in [2.75, 3.05) is 44.7 Å². The number of H-pyrrole nitrogens is 1. The highest BCUT2D eigenvalue weighted by molar-refractivity contribution is 5.81. The number of hydrogen-bond acceptors (Lipinski definition) is 5. The Morgan fingerprint density at radius 2 is 2.05 bits per heavy atom. The highest BCUT2D eigenvalue weighted by Crippen LogP contribution is 2.13. The Hall–Kier alpha value is -2.12. The van der Waals surface area contributed by atoms with Gasteiger partial charge < -0.3 is 15.0 Å². The van der Waals surface area contributed by atoms with E-state index in [1.165, 1.54) is 7.05 Å². The van der Waals surface area contributed by atoms with Gasteiger partial charge in [-0.25, -0.2) is 4.79 Å². The number of ether oxygens (including phenoxy) is 1. The molecule has 1 saturated heterocycles. The summed E-state index contributed by atoms with van der Waals surface area (Å²) in [6.45, 7) is 5.25. The van der Waals surface area contributed by atoms with E-state index in [4.69, 9.17) is 4.74 Å². The highest BCUT2D eigenvalue weighted by Gasteiger charge is 2.09. The molecule has 22 heavy (non-hydrogen) atoms. The molecule has 0 radical (unpaired) electrons. The zero-order valence-corrected chi connectivity index (χ0v) is 12.6. The maximum Gasteiger partial charge on any atom is 0.328 e. The lowest BCUT2D eigenvalue weighted by molar-refractivity contribution is 0.0398. The van der Waals surface area contributed by atoms with Crippen LogP contribution in [0.5, 0.6) is 0 Å². The molecule has 0 bridgehead atoms. The second-order valence-electron chi connectivity index (χ2n) is 5.44. The second kappa shape index (κ2) is 6.33. The topological polar surface area (TPSA) is 79.4 Å². The summed E-state index contributed by atoms with van der Waals surface area (Å²) in [6.07, 6.45) is 0. The molecule has 2 heterocycles. The Morgan fingerprint density at radius 3 is 2.82 bits per heavy atom. The zero-order chi connectivity index (χ0) is 15.5. The summed E-state index contributed by atoms with van der Waals surface area (Å²) < 4.78 is 6.39. The number of nitrogens with one attached hydrogen (secondary N) is 2. The molecule has 7 nitrogen and oxygen atoms in total. The molecule has 0 atom stereocenters. The fourth-order valence-corrected chi connectivity index (χ4v) is 2.60. The SMILES string of the molecule is Cn1c(=O)[nH]c2cc(NCCN3CCOCC3)ccc2c1=O. The summed E-state index contributed by atoms with van der Waals surface area (Å²) >= 11 is 0. The first-order chi connectivity index (χ1) is 10.6. The van der Waals surface area contributed by atoms with Crippen LogP contribution < -0.4 is 16.6 Å². The van der Waals surface area contributed by atoms with E-state index in [1.54, 1.807) is 12.1 Å². The molecule has 1 aliphatic rings. The number of rotatable bonds is 4. The first-order valence-corrected chi connectivity index (χ1v) is 7.42. The van der Waals surface area contributed by atoms with Crippen LogP contribution >= 0.6 is 0 Å². The molecule has 2 N–H and O–H groups in total. The van der Waals surface area contributed by atoms with Crippen LogP contribution in [0.3, 0.4) is 0 Å². The fourth-order valence-electron chi connectivity index (χ4n) is 2.60. The first kappa shape index (κ1) is 14.8. The molecule has 0 unspecified atom stereocenters. The first-order valence-electron chi connectivity index (χ1n) is 7.42. The number of benzene rings is 1. The van der Waals surface area contributed by atoms with Crippen molar-refractivity contribution in [2.24, 2.45) is 7.05 Å². The Morgan fingerprint density at radius 1 is 1.27 bits per heavy atom. The lowest BCUT2D eigenvalue weighted by Crippen LogP contribution is -2.39. The number of aromatic nitrogens is 2. The summed E-state index contributed by atoms with van der Waals surface area (Å²) in [7, 11) is 1.47. The number of hydrogen-bond donors (Lipinski definition) is 2. The van der Waals surface area contributed by atoms with E-state index in [9.17, 15) is 9.59 Å². The number of aromatic amines is 1. The molecule has 1 fully saturated rings. The van der Waals surface area contributed by atoms with Gasteiger partial charge in [-0.15, -0.1) is 0 Å². The maximum absolute atomic E-state index is 12.0. The number of anilines is 1. The van der Waals surface area contributed by atoms with Crippen LogP contribution in [0.1, 0.15) is 0 Å². The monoisotopic (exact) mass is 304 g/mol. The Labute approximate surface area is 127 Å². The van der Waals surface area contributed by atoms with Gasteiger partial charge in [0.15, 0.2) is 0 Å². The molecule has 1 aromatic carbocycles. The van der Waals surface area contributed by atoms with E-state index in [0.29, 0.717) is 10.9 Å². The third kappa shape index (κ3) is 3.05. The standard InChI is InChI=1S/C15H20N4O3/c1-18-14(20)12-3-2-11(10-13(12)17-15(18)21)16-4-5-19-6-8-22-9-7-19/h2-3,10,16H,4-9H2,1H3,(H,17,21). The average Bonchev–Trinajstić information content (AvgIpc) is 2.54. The fraction of sp³-hybridized carbons (Fsp3) is 0.467. The van der Waals surface area contributed by atoms with Crippen molar-refractivity contribution in [3.8, 4) is 0 Å². The van der Waals surface area contributed by atoms with Gasteiger partial charge in [0, 0.05) is 38.9 Å². The van der Waals surface area contributed by atoms with Gasteiger partial charge in [0.1, 0.15) is 0 Å². The summed E-state index contributed by atoms with van der Waals surface area (Å²) in [4.78, 5) is 28.7. The molecular weight excluding hydrogens is 284 g/mol. The van der Waals surface area contributed by atoms with Gasteiger partial charge in [-0.1, -0.05) is 0 Å². The van der Waals surface area contributed by atoms with Crippen molar-refractivity contribution >= 4 is 16.6 Å². The summed E-state index contributed by atoms with van der Waals surface area (Å²) in [5.74, 6) is 0. The number of nitrogens with zero attached hydrogens (tertiary/aromatic N) is 2. The number of fused-ring (bicyclic) bond motifs is 1. The Balaban J connectivity index is 1.71. The lowest BCUT2D eigenvalue weighted by atomic mass is 10.2. The third-order valence-electron chi connectivity index (χ3n) is 3.96. The summed E-state index contributed by atoms with van der Waals surface area (Å²) in [5.41, 5.74) is 0.774. The van der Waals surface area contributed by atoms with Crippen LogP contribution in [0.2, 0.25) is 0 Å². The third-order valence-corrected chi connectivity index (χ3v) is 3.96. The lowest BCUT2D eigenvalue weighted by Gasteiger charge is -2.26. The highest BCUT2D eigenvalue weighted by atomic mass is 16.5. The molecular formula is C15H20N4O3. The molecule has 0 aliphatic carbocycles. The van der Waals surface area contributed by atoms with E-state index in [-0.39, 0.29) is 5.56 Å². The van der Waals surface area contributed by atoms with Gasteiger partial charge in [-0.2, -0.15) is 0 Å². The molecule has 7 heteroatoms. The number of morpholine rings is 1. The van der Waals surface area contributed by atoms with Gasteiger partial charge in [0.2, 0.25) is 0 Å². The van der Waals surface area contributed by atoms with E-state index in [2.05, 4.69) is 15.2 Å². The Bertz CT molecular complexity index is 774. The summed E-state index contributed by atoms with van der Waals surface area (Å²) in [5, 5.41) is 3.84. The summed E-state index contributed by atoms with van der Waals surface area (Å²) in [6, 6.07) is 5.41. The van der Waals surface area contributed by atoms with E-state index in [0.717, 1.165) is 49.6 Å². The van der Waals surface area contributed by atoms with Crippen molar-refractivity contribution in [1.29, 1.82) is 0 Å². The molecule has 0 saturated carbocycles. The van der Waals surface area contributed by atoms with Gasteiger partial charge in [-0.3, -0.25) is 14.3 Å². The minimum atomic E-state index is -0.400. The van der Waals surface area contributed by atoms with E-state index in [1.807, 2.05) is 6.07 Å². The molecule has 2 aromatic rings. The van der Waals surface area contributed by atoms with Crippen LogP contribution in [0, 0.1) is 0 Å². The van der Waals surface area contributed by atoms with E-state index >= 15 is 0 Å². The maximum atomic E-state index is 12.0. The van der Waals surface area contributed by atoms with Crippen molar-refractivity contribution in [3.63, 3.8) is 0 Å². The van der Waals surface area contributed by atoms with Crippen LogP contribution in [0.4, 0.5) is 5.69 Å².